The summed E-state index contributed by atoms with van der Waals surface area (Å²) in [7, 11) is 0. The summed E-state index contributed by atoms with van der Waals surface area (Å²) in [5.74, 6) is 0.806. The van der Waals surface area contributed by atoms with Crippen molar-refractivity contribution >= 4 is 23.4 Å². The van der Waals surface area contributed by atoms with E-state index in [1.54, 1.807) is 28.8 Å². The first kappa shape index (κ1) is 15.8. The summed E-state index contributed by atoms with van der Waals surface area (Å²) in [6.07, 6.45) is 0. The predicted octanol–water partition coefficient (Wildman–Crippen LogP) is 2.62. The minimum Gasteiger partial charge on any atom is -0.309 e. The number of fused-ring (bicyclic) bond motifs is 1. The number of carbonyl (C=O) groups is 1. The zero-order chi connectivity index (χ0) is 17.2. The smallest absolute Gasteiger partial charge is 0.250 e. The molecule has 1 aliphatic rings. The largest absolute Gasteiger partial charge is 0.309 e. The van der Waals surface area contributed by atoms with Crippen molar-refractivity contribution in [1.82, 2.24) is 20.2 Å². The molecule has 2 aromatic carbocycles. The molecule has 4 rings (SSSR count). The van der Waals surface area contributed by atoms with Crippen molar-refractivity contribution in [3.63, 3.8) is 0 Å². The summed E-state index contributed by atoms with van der Waals surface area (Å²) < 4.78 is 13.0. The average Bonchev–Trinajstić information content (AvgIpc) is 3.10. The van der Waals surface area contributed by atoms with Crippen LogP contribution in [0.1, 0.15) is 0 Å². The quantitative estimate of drug-likeness (QED) is 0.723. The lowest BCUT2D eigenvalue weighted by Gasteiger charge is -2.28. The highest BCUT2D eigenvalue weighted by molar-refractivity contribution is 7.99. The Morgan fingerprint density at radius 1 is 1.16 bits per heavy atom. The fourth-order valence-electron chi connectivity index (χ4n) is 2.66. The SMILES string of the molecule is O=C(Cn1nnc(-c2ccc(F)cc2)n1)N1CCSc2ccccc21. The molecule has 1 aromatic heterocycles. The maximum atomic E-state index is 13.0. The molecule has 6 nitrogen and oxygen atoms in total. The van der Waals surface area contributed by atoms with E-state index in [0.717, 1.165) is 16.3 Å². The lowest BCUT2D eigenvalue weighted by Crippen LogP contribution is -2.38. The van der Waals surface area contributed by atoms with Gasteiger partial charge in [-0.3, -0.25) is 4.79 Å². The molecule has 126 valence electrons. The second-order valence-electron chi connectivity index (χ2n) is 5.51. The molecule has 0 bridgehead atoms. The van der Waals surface area contributed by atoms with Crippen LogP contribution in [0, 0.1) is 5.82 Å². The Morgan fingerprint density at radius 3 is 2.80 bits per heavy atom. The van der Waals surface area contributed by atoms with Crippen molar-refractivity contribution in [3.8, 4) is 11.4 Å². The third kappa shape index (κ3) is 3.25. The highest BCUT2D eigenvalue weighted by Gasteiger charge is 2.23. The van der Waals surface area contributed by atoms with Crippen LogP contribution in [0.2, 0.25) is 0 Å². The molecule has 0 saturated carbocycles. The first-order chi connectivity index (χ1) is 12.2. The fourth-order valence-corrected chi connectivity index (χ4v) is 3.65. The Hall–Kier alpha value is -2.74. The summed E-state index contributed by atoms with van der Waals surface area (Å²) in [6, 6.07) is 13.7. The number of para-hydroxylation sites is 1. The van der Waals surface area contributed by atoms with E-state index in [0.29, 0.717) is 17.9 Å². The van der Waals surface area contributed by atoms with Gasteiger partial charge in [-0.15, -0.1) is 22.0 Å². The van der Waals surface area contributed by atoms with Gasteiger partial charge in [0.25, 0.3) is 5.91 Å². The van der Waals surface area contributed by atoms with Crippen molar-refractivity contribution in [2.75, 3.05) is 17.2 Å². The number of aromatic nitrogens is 4. The van der Waals surface area contributed by atoms with E-state index in [1.807, 2.05) is 24.3 Å². The molecule has 0 aliphatic carbocycles. The van der Waals surface area contributed by atoms with Gasteiger partial charge in [0.15, 0.2) is 0 Å². The van der Waals surface area contributed by atoms with Gasteiger partial charge in [0.1, 0.15) is 12.4 Å². The van der Waals surface area contributed by atoms with Crippen molar-refractivity contribution in [2.24, 2.45) is 0 Å². The maximum absolute atomic E-state index is 13.0. The molecule has 0 saturated heterocycles. The molecule has 0 atom stereocenters. The van der Waals surface area contributed by atoms with Crippen LogP contribution in [0.4, 0.5) is 10.1 Å². The standard InChI is InChI=1S/C17H14FN5OS/c18-13-7-5-12(6-8-13)17-19-21-23(20-17)11-16(24)22-9-10-25-15-4-2-1-3-14(15)22/h1-8H,9-11H2. The van der Waals surface area contributed by atoms with Crippen LogP contribution < -0.4 is 4.90 Å². The summed E-state index contributed by atoms with van der Waals surface area (Å²) in [4.78, 5) is 16.8. The van der Waals surface area contributed by atoms with Crippen LogP contribution in [0.15, 0.2) is 53.4 Å². The van der Waals surface area contributed by atoms with Crippen molar-refractivity contribution in [3.05, 3.63) is 54.3 Å². The van der Waals surface area contributed by atoms with E-state index < -0.39 is 0 Å². The molecule has 25 heavy (non-hydrogen) atoms. The highest BCUT2D eigenvalue weighted by atomic mass is 32.2. The van der Waals surface area contributed by atoms with Gasteiger partial charge in [0, 0.05) is 22.8 Å². The number of rotatable bonds is 3. The van der Waals surface area contributed by atoms with Crippen LogP contribution >= 0.6 is 11.8 Å². The Labute approximate surface area is 147 Å². The topological polar surface area (TPSA) is 63.9 Å². The Balaban J connectivity index is 1.52. The second kappa shape index (κ2) is 6.64. The van der Waals surface area contributed by atoms with Gasteiger partial charge in [-0.1, -0.05) is 12.1 Å². The summed E-state index contributed by atoms with van der Waals surface area (Å²) in [5, 5.41) is 12.1. The second-order valence-corrected chi connectivity index (χ2v) is 6.65. The minimum absolute atomic E-state index is 0.00714. The molecule has 0 fully saturated rings. The highest BCUT2D eigenvalue weighted by Crippen LogP contribution is 2.34. The predicted molar refractivity (Wildman–Crippen MR) is 92.7 cm³/mol. The number of hydrogen-bond donors (Lipinski definition) is 0. The summed E-state index contributed by atoms with van der Waals surface area (Å²) in [5.41, 5.74) is 1.57. The van der Waals surface area contributed by atoms with Gasteiger partial charge in [-0.25, -0.2) is 4.39 Å². The monoisotopic (exact) mass is 355 g/mol. The molecule has 8 heteroatoms. The first-order valence-electron chi connectivity index (χ1n) is 7.77. The van der Waals surface area contributed by atoms with Crippen molar-refractivity contribution in [2.45, 2.75) is 11.4 Å². The Bertz CT molecular complexity index is 911. The number of halogens is 1. The van der Waals surface area contributed by atoms with Crippen molar-refractivity contribution in [1.29, 1.82) is 0 Å². The number of anilines is 1. The van der Waals surface area contributed by atoms with Crippen LogP contribution in [-0.2, 0) is 11.3 Å². The van der Waals surface area contributed by atoms with Gasteiger partial charge < -0.3 is 4.90 Å². The van der Waals surface area contributed by atoms with E-state index in [9.17, 15) is 9.18 Å². The van der Waals surface area contributed by atoms with E-state index in [-0.39, 0.29) is 18.3 Å². The number of carbonyl (C=O) groups excluding carboxylic acids is 1. The van der Waals surface area contributed by atoms with Gasteiger partial charge >= 0.3 is 0 Å². The number of benzene rings is 2. The zero-order valence-corrected chi connectivity index (χ0v) is 14.0. The van der Waals surface area contributed by atoms with E-state index >= 15 is 0 Å². The zero-order valence-electron chi connectivity index (χ0n) is 13.2. The third-order valence-electron chi connectivity index (χ3n) is 3.86. The van der Waals surface area contributed by atoms with Gasteiger partial charge in [-0.05, 0) is 41.6 Å². The molecule has 1 amide bonds. The fraction of sp³-hybridized carbons (Fsp3) is 0.176. The number of nitrogens with zero attached hydrogens (tertiary/aromatic N) is 5. The average molecular weight is 355 g/mol. The summed E-state index contributed by atoms with van der Waals surface area (Å²) >= 11 is 1.74. The first-order valence-corrected chi connectivity index (χ1v) is 8.75. The Morgan fingerprint density at radius 2 is 1.96 bits per heavy atom. The number of amides is 1. The van der Waals surface area contributed by atoms with Gasteiger partial charge in [-0.2, -0.15) is 4.80 Å². The molecular formula is C17H14FN5OS. The minimum atomic E-state index is -0.326. The van der Waals surface area contributed by atoms with Crippen molar-refractivity contribution < 1.29 is 9.18 Å². The Kier molecular flexibility index (Phi) is 4.19. The number of tetrazole rings is 1. The van der Waals surface area contributed by atoms with Crippen LogP contribution in [0.3, 0.4) is 0 Å². The third-order valence-corrected chi connectivity index (χ3v) is 4.90. The molecule has 0 spiro atoms. The molecule has 3 aromatic rings. The lowest BCUT2D eigenvalue weighted by atomic mass is 10.2. The number of hydrogen-bond acceptors (Lipinski definition) is 5. The van der Waals surface area contributed by atoms with E-state index in [2.05, 4.69) is 15.4 Å². The molecule has 0 unspecified atom stereocenters. The van der Waals surface area contributed by atoms with E-state index in [4.69, 9.17) is 0 Å². The molecular weight excluding hydrogens is 341 g/mol. The lowest BCUT2D eigenvalue weighted by molar-refractivity contribution is -0.119. The number of thioether (sulfide) groups is 1. The van der Waals surface area contributed by atoms with E-state index in [1.165, 1.54) is 16.9 Å². The van der Waals surface area contributed by atoms with Gasteiger partial charge in [0.2, 0.25) is 5.82 Å². The molecule has 0 N–H and O–H groups in total. The molecule has 0 radical (unpaired) electrons. The van der Waals surface area contributed by atoms with Gasteiger partial charge in [0.05, 0.1) is 5.69 Å². The van der Waals surface area contributed by atoms with Crippen LogP contribution in [0.25, 0.3) is 11.4 Å². The summed E-state index contributed by atoms with van der Waals surface area (Å²) in [6.45, 7) is 0.660. The van der Waals surface area contributed by atoms with Crippen LogP contribution in [-0.4, -0.2) is 38.4 Å². The molecule has 1 aliphatic heterocycles. The molecule has 2 heterocycles. The van der Waals surface area contributed by atoms with Crippen LogP contribution in [0.5, 0.6) is 0 Å². The maximum Gasteiger partial charge on any atom is 0.250 e. The normalized spacial score (nSPS) is 13.6.